The van der Waals surface area contributed by atoms with Crippen molar-refractivity contribution < 1.29 is 9.59 Å². The van der Waals surface area contributed by atoms with Crippen LogP contribution >= 0.6 is 0 Å². The Bertz CT molecular complexity index is 858. The molecule has 0 aliphatic carbocycles. The minimum absolute atomic E-state index is 0.0280. The zero-order valence-electron chi connectivity index (χ0n) is 18.3. The van der Waals surface area contributed by atoms with E-state index < -0.39 is 0 Å². The summed E-state index contributed by atoms with van der Waals surface area (Å²) in [5.41, 5.74) is 3.28. The molecule has 1 aliphatic heterocycles. The standard InChI is InChI=1S/C25H33N3O2/c1-18(2)16-24(29)27-21-12-13-23(28-14-8-5-9-15-28)22(17-21)25(30)26-19(3)20-10-6-4-7-11-20/h4,6-7,10-13,17-19H,5,8-9,14-16H2,1-3H3,(H,26,30)(H,27,29). The molecule has 0 spiro atoms. The monoisotopic (exact) mass is 407 g/mol. The topological polar surface area (TPSA) is 61.4 Å². The maximum atomic E-state index is 13.3. The van der Waals surface area contributed by atoms with Gasteiger partial charge < -0.3 is 15.5 Å². The molecular formula is C25H33N3O2. The van der Waals surface area contributed by atoms with Crippen LogP contribution in [0.15, 0.2) is 48.5 Å². The molecule has 0 radical (unpaired) electrons. The second kappa shape index (κ2) is 10.3. The summed E-state index contributed by atoms with van der Waals surface area (Å²) in [4.78, 5) is 27.8. The Morgan fingerprint density at radius 3 is 2.33 bits per heavy atom. The smallest absolute Gasteiger partial charge is 0.253 e. The fourth-order valence-corrected chi connectivity index (χ4v) is 3.89. The lowest BCUT2D eigenvalue weighted by atomic mass is 10.0. The average molecular weight is 408 g/mol. The number of carbonyl (C=O) groups is 2. The summed E-state index contributed by atoms with van der Waals surface area (Å²) >= 11 is 0. The van der Waals surface area contributed by atoms with Gasteiger partial charge in [0.2, 0.25) is 5.91 Å². The van der Waals surface area contributed by atoms with Crippen LogP contribution in [0.4, 0.5) is 11.4 Å². The van der Waals surface area contributed by atoms with Crippen LogP contribution in [0.1, 0.15) is 68.4 Å². The van der Waals surface area contributed by atoms with Crippen molar-refractivity contribution in [2.75, 3.05) is 23.3 Å². The second-order valence-electron chi connectivity index (χ2n) is 8.53. The Morgan fingerprint density at radius 1 is 0.967 bits per heavy atom. The number of nitrogens with zero attached hydrogens (tertiary/aromatic N) is 1. The minimum atomic E-state index is -0.119. The molecule has 1 aliphatic rings. The summed E-state index contributed by atoms with van der Waals surface area (Å²) in [6.45, 7) is 7.93. The highest BCUT2D eigenvalue weighted by Crippen LogP contribution is 2.28. The van der Waals surface area contributed by atoms with Crippen molar-refractivity contribution in [2.24, 2.45) is 5.92 Å². The summed E-state index contributed by atoms with van der Waals surface area (Å²) < 4.78 is 0. The predicted molar refractivity (Wildman–Crippen MR) is 123 cm³/mol. The van der Waals surface area contributed by atoms with Crippen LogP contribution in [0.25, 0.3) is 0 Å². The van der Waals surface area contributed by atoms with Gasteiger partial charge in [0.1, 0.15) is 0 Å². The molecule has 1 atom stereocenters. The molecule has 1 unspecified atom stereocenters. The van der Waals surface area contributed by atoms with Gasteiger partial charge in [0.05, 0.1) is 11.6 Å². The van der Waals surface area contributed by atoms with Gasteiger partial charge in [0.25, 0.3) is 5.91 Å². The van der Waals surface area contributed by atoms with E-state index in [1.54, 1.807) is 0 Å². The van der Waals surface area contributed by atoms with Crippen LogP contribution in [0, 0.1) is 5.92 Å². The van der Waals surface area contributed by atoms with Crippen LogP contribution in [-0.4, -0.2) is 24.9 Å². The normalized spacial score (nSPS) is 15.0. The lowest BCUT2D eigenvalue weighted by Gasteiger charge is -2.31. The third-order valence-electron chi connectivity index (χ3n) is 5.46. The molecule has 30 heavy (non-hydrogen) atoms. The van der Waals surface area contributed by atoms with Crippen molar-refractivity contribution in [3.8, 4) is 0 Å². The fraction of sp³-hybridized carbons (Fsp3) is 0.440. The quantitative estimate of drug-likeness (QED) is 0.667. The molecule has 2 N–H and O–H groups in total. The van der Waals surface area contributed by atoms with E-state index in [9.17, 15) is 9.59 Å². The third-order valence-corrected chi connectivity index (χ3v) is 5.46. The molecule has 1 heterocycles. The van der Waals surface area contributed by atoms with E-state index >= 15 is 0 Å². The zero-order valence-corrected chi connectivity index (χ0v) is 18.3. The van der Waals surface area contributed by atoms with Gasteiger partial charge in [-0.15, -0.1) is 0 Å². The van der Waals surface area contributed by atoms with Gasteiger partial charge in [0.15, 0.2) is 0 Å². The Kier molecular flexibility index (Phi) is 7.50. The zero-order chi connectivity index (χ0) is 21.5. The van der Waals surface area contributed by atoms with E-state index in [0.29, 0.717) is 17.7 Å². The highest BCUT2D eigenvalue weighted by Gasteiger charge is 2.21. The molecule has 0 aromatic heterocycles. The third kappa shape index (κ3) is 5.85. The number of carbonyl (C=O) groups excluding carboxylic acids is 2. The molecular weight excluding hydrogens is 374 g/mol. The summed E-state index contributed by atoms with van der Waals surface area (Å²) in [5.74, 6) is 0.138. The molecule has 3 rings (SSSR count). The number of amides is 2. The number of hydrogen-bond acceptors (Lipinski definition) is 3. The molecule has 0 bridgehead atoms. The number of rotatable bonds is 7. The first-order valence-corrected chi connectivity index (χ1v) is 11.0. The first-order valence-electron chi connectivity index (χ1n) is 11.0. The number of nitrogens with one attached hydrogen (secondary N) is 2. The van der Waals surface area contributed by atoms with Crippen LogP contribution in [0.5, 0.6) is 0 Å². The van der Waals surface area contributed by atoms with Gasteiger partial charge in [0, 0.05) is 30.9 Å². The number of hydrogen-bond donors (Lipinski definition) is 2. The largest absolute Gasteiger partial charge is 0.371 e. The van der Waals surface area contributed by atoms with E-state index in [-0.39, 0.29) is 23.8 Å². The first-order chi connectivity index (χ1) is 14.4. The maximum Gasteiger partial charge on any atom is 0.253 e. The van der Waals surface area contributed by atoms with Crippen molar-refractivity contribution in [3.05, 3.63) is 59.7 Å². The summed E-state index contributed by atoms with van der Waals surface area (Å²) in [6.07, 6.45) is 3.95. The van der Waals surface area contributed by atoms with Crippen LogP contribution in [0.2, 0.25) is 0 Å². The van der Waals surface area contributed by atoms with Crippen molar-refractivity contribution in [1.29, 1.82) is 0 Å². The first kappa shape index (κ1) is 21.9. The van der Waals surface area contributed by atoms with Crippen LogP contribution in [-0.2, 0) is 4.79 Å². The van der Waals surface area contributed by atoms with Gasteiger partial charge in [-0.25, -0.2) is 0 Å². The van der Waals surface area contributed by atoms with E-state index in [4.69, 9.17) is 0 Å². The molecule has 1 fully saturated rings. The second-order valence-corrected chi connectivity index (χ2v) is 8.53. The van der Waals surface area contributed by atoms with Gasteiger partial charge in [-0.3, -0.25) is 9.59 Å². The highest BCUT2D eigenvalue weighted by atomic mass is 16.2. The van der Waals surface area contributed by atoms with Crippen LogP contribution in [0.3, 0.4) is 0 Å². The maximum absolute atomic E-state index is 13.3. The van der Waals surface area contributed by atoms with Gasteiger partial charge in [-0.1, -0.05) is 44.2 Å². The Balaban J connectivity index is 1.84. The summed E-state index contributed by atoms with van der Waals surface area (Å²) in [5, 5.41) is 6.07. The molecule has 0 saturated carbocycles. The van der Waals surface area contributed by atoms with E-state index in [0.717, 1.165) is 37.2 Å². The number of benzene rings is 2. The van der Waals surface area contributed by atoms with Gasteiger partial charge >= 0.3 is 0 Å². The van der Waals surface area contributed by atoms with E-state index in [2.05, 4.69) is 15.5 Å². The van der Waals surface area contributed by atoms with Crippen molar-refractivity contribution in [2.45, 2.75) is 52.5 Å². The van der Waals surface area contributed by atoms with E-state index in [1.165, 1.54) is 6.42 Å². The van der Waals surface area contributed by atoms with Gasteiger partial charge in [-0.05, 0) is 55.9 Å². The molecule has 1 saturated heterocycles. The van der Waals surface area contributed by atoms with Crippen molar-refractivity contribution in [3.63, 3.8) is 0 Å². The summed E-state index contributed by atoms with van der Waals surface area (Å²) in [7, 11) is 0. The fourth-order valence-electron chi connectivity index (χ4n) is 3.89. The Labute approximate surface area is 179 Å². The lowest BCUT2D eigenvalue weighted by molar-refractivity contribution is -0.116. The highest BCUT2D eigenvalue weighted by molar-refractivity contribution is 6.02. The molecule has 2 aromatic rings. The van der Waals surface area contributed by atoms with Crippen molar-refractivity contribution in [1.82, 2.24) is 5.32 Å². The summed E-state index contributed by atoms with van der Waals surface area (Å²) in [6, 6.07) is 15.5. The SMILES string of the molecule is CC(C)CC(=O)Nc1ccc(N2CCCCC2)c(C(=O)NC(C)c2ccccc2)c1. The number of anilines is 2. The Morgan fingerprint density at radius 2 is 1.67 bits per heavy atom. The number of piperidine rings is 1. The molecule has 160 valence electrons. The average Bonchev–Trinajstić information content (AvgIpc) is 2.74. The van der Waals surface area contributed by atoms with E-state index in [1.807, 2.05) is 69.3 Å². The lowest BCUT2D eigenvalue weighted by Crippen LogP contribution is -2.33. The van der Waals surface area contributed by atoms with Gasteiger partial charge in [-0.2, -0.15) is 0 Å². The molecule has 5 nitrogen and oxygen atoms in total. The molecule has 5 heteroatoms. The minimum Gasteiger partial charge on any atom is -0.371 e. The molecule has 2 amide bonds. The van der Waals surface area contributed by atoms with Crippen LogP contribution < -0.4 is 15.5 Å². The Hall–Kier alpha value is -2.82. The molecule has 2 aromatic carbocycles. The predicted octanol–water partition coefficient (Wildman–Crippen LogP) is 5.15. The van der Waals surface area contributed by atoms with Crippen molar-refractivity contribution >= 4 is 23.2 Å².